The lowest BCUT2D eigenvalue weighted by atomic mass is 10.1. The third-order valence-corrected chi connectivity index (χ3v) is 4.43. The van der Waals surface area contributed by atoms with E-state index in [-0.39, 0.29) is 22.6 Å². The minimum absolute atomic E-state index is 0.145. The number of fused-ring (bicyclic) bond motifs is 1. The highest BCUT2D eigenvalue weighted by Gasteiger charge is 2.44. The van der Waals surface area contributed by atoms with Crippen molar-refractivity contribution in [1.82, 2.24) is 10.2 Å². The summed E-state index contributed by atoms with van der Waals surface area (Å²) in [7, 11) is 0. The zero-order valence-corrected chi connectivity index (χ0v) is 12.7. The maximum Gasteiger partial charge on any atom is 0.417 e. The first-order valence-electron chi connectivity index (χ1n) is 6.49. The van der Waals surface area contributed by atoms with E-state index in [4.69, 9.17) is 4.74 Å². The molecule has 2 aliphatic rings. The summed E-state index contributed by atoms with van der Waals surface area (Å²) in [6.45, 7) is 0.823. The number of carbonyl (C=O) groups is 1. The van der Waals surface area contributed by atoms with Gasteiger partial charge < -0.3 is 10.1 Å². The molecule has 0 saturated carbocycles. The molecule has 120 valence electrons. The summed E-state index contributed by atoms with van der Waals surface area (Å²) in [4.78, 5) is 13.5. The van der Waals surface area contributed by atoms with Crippen molar-refractivity contribution in [2.45, 2.75) is 18.4 Å². The molecule has 1 amide bonds. The lowest BCUT2D eigenvalue weighted by molar-refractivity contribution is -0.138. The van der Waals surface area contributed by atoms with E-state index in [0.717, 1.165) is 12.1 Å². The predicted molar refractivity (Wildman–Crippen MR) is 71.3 cm³/mol. The number of nitrogens with one attached hydrogen (secondary N) is 1. The van der Waals surface area contributed by atoms with Gasteiger partial charge in [0.05, 0.1) is 18.8 Å². The molecule has 0 bridgehead atoms. The summed E-state index contributed by atoms with van der Waals surface area (Å²) in [5.41, 5.74) is -1.18. The molecule has 2 aliphatic heterocycles. The smallest absolute Gasteiger partial charge is 0.378 e. The molecular formula is C13H11BrF4N2O2. The van der Waals surface area contributed by atoms with E-state index in [1.54, 1.807) is 4.90 Å². The molecule has 1 aromatic rings. The number of amides is 1. The molecule has 2 atom stereocenters. The third kappa shape index (κ3) is 2.61. The van der Waals surface area contributed by atoms with Crippen LogP contribution in [0.15, 0.2) is 16.6 Å². The monoisotopic (exact) mass is 382 g/mol. The zero-order valence-electron chi connectivity index (χ0n) is 11.1. The second-order valence-electron chi connectivity index (χ2n) is 5.09. The van der Waals surface area contributed by atoms with Crippen LogP contribution in [0.3, 0.4) is 0 Å². The summed E-state index contributed by atoms with van der Waals surface area (Å²) < 4.78 is 57.9. The van der Waals surface area contributed by atoms with Crippen molar-refractivity contribution < 1.29 is 27.1 Å². The van der Waals surface area contributed by atoms with Crippen molar-refractivity contribution >= 4 is 21.8 Å². The quantitative estimate of drug-likeness (QED) is 0.758. The SMILES string of the molecule is O=C1NC(c2cc(C(F)(F)F)c(Br)cc2F)N2CCOC[C@H]12. The number of hydrogen-bond acceptors (Lipinski definition) is 3. The molecule has 9 heteroatoms. The Labute approximate surface area is 131 Å². The van der Waals surface area contributed by atoms with Gasteiger partial charge in [0.1, 0.15) is 18.0 Å². The summed E-state index contributed by atoms with van der Waals surface area (Å²) in [6.07, 6.45) is -5.54. The molecule has 0 aromatic heterocycles. The van der Waals surface area contributed by atoms with Gasteiger partial charge in [-0.1, -0.05) is 15.9 Å². The highest BCUT2D eigenvalue weighted by atomic mass is 79.9. The van der Waals surface area contributed by atoms with E-state index in [1.807, 2.05) is 0 Å². The summed E-state index contributed by atoms with van der Waals surface area (Å²) >= 11 is 2.73. The fraction of sp³-hybridized carbons (Fsp3) is 0.462. The molecule has 0 aliphatic carbocycles. The minimum Gasteiger partial charge on any atom is -0.378 e. The topological polar surface area (TPSA) is 41.6 Å². The number of alkyl halides is 3. The summed E-state index contributed by atoms with van der Waals surface area (Å²) in [6, 6.07) is 0.913. The highest BCUT2D eigenvalue weighted by molar-refractivity contribution is 9.10. The molecular weight excluding hydrogens is 372 g/mol. The first-order chi connectivity index (χ1) is 10.3. The summed E-state index contributed by atoms with van der Waals surface area (Å²) in [5.74, 6) is -1.18. The third-order valence-electron chi connectivity index (χ3n) is 3.77. The zero-order chi connectivity index (χ0) is 16.1. The standard InChI is InChI=1S/C13H11BrF4N2O2/c14-8-4-9(15)6(3-7(8)13(16,17)18)11-19-12(21)10-5-22-2-1-20(10)11/h3-4,10-11H,1-2,5H2,(H,19,21)/t10-,11?/m1/s1. The van der Waals surface area contributed by atoms with Crippen LogP contribution in [-0.2, 0) is 15.7 Å². The fourth-order valence-electron chi connectivity index (χ4n) is 2.71. The molecule has 1 aromatic carbocycles. The summed E-state index contributed by atoms with van der Waals surface area (Å²) in [5, 5.41) is 2.54. The van der Waals surface area contributed by atoms with E-state index in [0.29, 0.717) is 13.2 Å². The molecule has 0 radical (unpaired) electrons. The van der Waals surface area contributed by atoms with Crippen LogP contribution < -0.4 is 5.32 Å². The Kier molecular flexibility index (Phi) is 3.90. The van der Waals surface area contributed by atoms with Crippen molar-refractivity contribution in [3.05, 3.63) is 33.5 Å². The van der Waals surface area contributed by atoms with Gasteiger partial charge in [-0.2, -0.15) is 13.2 Å². The van der Waals surface area contributed by atoms with Gasteiger partial charge in [0.2, 0.25) is 5.91 Å². The van der Waals surface area contributed by atoms with Gasteiger partial charge in [-0.15, -0.1) is 0 Å². The van der Waals surface area contributed by atoms with Crippen LogP contribution in [-0.4, -0.2) is 36.6 Å². The Bertz CT molecular complexity index is 623. The van der Waals surface area contributed by atoms with E-state index >= 15 is 0 Å². The number of nitrogens with zero attached hydrogens (tertiary/aromatic N) is 1. The molecule has 4 nitrogen and oxygen atoms in total. The Morgan fingerprint density at radius 3 is 2.77 bits per heavy atom. The maximum atomic E-state index is 14.1. The van der Waals surface area contributed by atoms with Gasteiger partial charge >= 0.3 is 6.18 Å². The Balaban J connectivity index is 2.03. The van der Waals surface area contributed by atoms with Crippen LogP contribution in [0.2, 0.25) is 0 Å². The number of hydrogen-bond donors (Lipinski definition) is 1. The van der Waals surface area contributed by atoms with Crippen molar-refractivity contribution in [1.29, 1.82) is 0 Å². The minimum atomic E-state index is -4.62. The van der Waals surface area contributed by atoms with Crippen molar-refractivity contribution in [3.8, 4) is 0 Å². The second-order valence-corrected chi connectivity index (χ2v) is 5.95. The van der Waals surface area contributed by atoms with Crippen LogP contribution in [0.25, 0.3) is 0 Å². The Hall–Kier alpha value is -1.19. The predicted octanol–water partition coefficient (Wildman–Crippen LogP) is 2.44. The lowest BCUT2D eigenvalue weighted by Gasteiger charge is -2.31. The van der Waals surface area contributed by atoms with Gasteiger partial charge in [-0.3, -0.25) is 9.69 Å². The van der Waals surface area contributed by atoms with Crippen molar-refractivity contribution in [3.63, 3.8) is 0 Å². The fourth-order valence-corrected chi connectivity index (χ4v) is 3.25. The average Bonchev–Trinajstić information content (AvgIpc) is 2.75. The molecule has 3 rings (SSSR count). The molecule has 2 fully saturated rings. The van der Waals surface area contributed by atoms with Crippen molar-refractivity contribution in [2.24, 2.45) is 0 Å². The molecule has 22 heavy (non-hydrogen) atoms. The normalized spacial score (nSPS) is 26.0. The average molecular weight is 383 g/mol. The number of carbonyl (C=O) groups excluding carboxylic acids is 1. The number of morpholine rings is 1. The van der Waals surface area contributed by atoms with Gasteiger partial charge in [-0.25, -0.2) is 4.39 Å². The van der Waals surface area contributed by atoms with E-state index in [2.05, 4.69) is 21.2 Å². The first kappa shape index (κ1) is 15.7. The molecule has 2 saturated heterocycles. The lowest BCUT2D eigenvalue weighted by Crippen LogP contribution is -2.44. The van der Waals surface area contributed by atoms with E-state index < -0.39 is 29.8 Å². The number of halogens is 5. The van der Waals surface area contributed by atoms with Crippen LogP contribution >= 0.6 is 15.9 Å². The van der Waals surface area contributed by atoms with Crippen LogP contribution in [0.4, 0.5) is 17.6 Å². The number of benzene rings is 1. The number of ether oxygens (including phenoxy) is 1. The van der Waals surface area contributed by atoms with Crippen molar-refractivity contribution in [2.75, 3.05) is 19.8 Å². The van der Waals surface area contributed by atoms with Gasteiger partial charge in [-0.05, 0) is 12.1 Å². The van der Waals surface area contributed by atoms with Gasteiger partial charge in [0.25, 0.3) is 0 Å². The second kappa shape index (κ2) is 5.47. The van der Waals surface area contributed by atoms with Gasteiger partial charge in [0, 0.05) is 16.6 Å². The largest absolute Gasteiger partial charge is 0.417 e. The Morgan fingerprint density at radius 1 is 1.36 bits per heavy atom. The first-order valence-corrected chi connectivity index (χ1v) is 7.28. The molecule has 1 unspecified atom stereocenters. The van der Waals surface area contributed by atoms with Crippen LogP contribution in [0.5, 0.6) is 0 Å². The molecule has 1 N–H and O–H groups in total. The van der Waals surface area contributed by atoms with Crippen LogP contribution in [0.1, 0.15) is 17.3 Å². The maximum absolute atomic E-state index is 14.1. The highest BCUT2D eigenvalue weighted by Crippen LogP contribution is 2.39. The van der Waals surface area contributed by atoms with Crippen LogP contribution in [0, 0.1) is 5.82 Å². The van der Waals surface area contributed by atoms with E-state index in [9.17, 15) is 22.4 Å². The van der Waals surface area contributed by atoms with E-state index in [1.165, 1.54) is 0 Å². The number of rotatable bonds is 1. The molecule has 2 heterocycles. The van der Waals surface area contributed by atoms with Gasteiger partial charge in [0.15, 0.2) is 0 Å². The molecule has 0 spiro atoms. The Morgan fingerprint density at radius 2 is 2.09 bits per heavy atom.